The first-order chi connectivity index (χ1) is 9.09. The maximum atomic E-state index is 12.6. The molecule has 0 saturated carbocycles. The number of pyridine rings is 1. The van der Waals surface area contributed by atoms with Gasteiger partial charge >= 0.3 is 0 Å². The van der Waals surface area contributed by atoms with Crippen molar-refractivity contribution < 1.29 is 8.42 Å². The fraction of sp³-hybridized carbons (Fsp3) is 0.583. The van der Waals surface area contributed by atoms with Crippen molar-refractivity contribution in [2.45, 2.75) is 23.6 Å². The highest BCUT2D eigenvalue weighted by atomic mass is 32.2. The summed E-state index contributed by atoms with van der Waals surface area (Å²) >= 11 is 1.85. The normalized spacial score (nSPS) is 21.3. The second-order valence-corrected chi connectivity index (χ2v) is 7.63. The maximum absolute atomic E-state index is 12.6. The smallest absolute Gasteiger partial charge is 0.262 e. The molecule has 0 aromatic carbocycles. The van der Waals surface area contributed by atoms with E-state index in [0.29, 0.717) is 24.0 Å². The van der Waals surface area contributed by atoms with Crippen LogP contribution in [-0.4, -0.2) is 48.8 Å². The van der Waals surface area contributed by atoms with Crippen molar-refractivity contribution in [1.29, 1.82) is 0 Å². The lowest BCUT2D eigenvalue weighted by Gasteiger charge is -2.31. The minimum Gasteiger partial charge on any atom is -0.386 e. The van der Waals surface area contributed by atoms with E-state index >= 15 is 0 Å². The van der Waals surface area contributed by atoms with Gasteiger partial charge in [-0.1, -0.05) is 6.92 Å². The van der Waals surface area contributed by atoms with Gasteiger partial charge in [0, 0.05) is 37.3 Å². The number of rotatable bonds is 4. The third kappa shape index (κ3) is 3.04. The molecule has 0 aliphatic carbocycles. The molecular formula is C12H19N3O2S2. The monoisotopic (exact) mass is 301 g/mol. The van der Waals surface area contributed by atoms with E-state index in [1.165, 1.54) is 6.20 Å². The molecule has 1 atom stereocenters. The summed E-state index contributed by atoms with van der Waals surface area (Å²) in [6.45, 7) is 3.22. The van der Waals surface area contributed by atoms with Gasteiger partial charge in [0.05, 0.1) is 5.69 Å². The topological polar surface area (TPSA) is 62.3 Å². The van der Waals surface area contributed by atoms with E-state index in [1.807, 2.05) is 11.8 Å². The highest BCUT2D eigenvalue weighted by Gasteiger charge is 2.32. The molecule has 1 aromatic heterocycles. The zero-order chi connectivity index (χ0) is 13.9. The Bertz CT molecular complexity index is 534. The van der Waals surface area contributed by atoms with E-state index < -0.39 is 10.0 Å². The maximum Gasteiger partial charge on any atom is 0.262 e. The number of sulfonamides is 1. The quantitative estimate of drug-likeness (QED) is 0.916. The van der Waals surface area contributed by atoms with Gasteiger partial charge in [-0.25, -0.2) is 13.4 Å². The number of hydrogen-bond donors (Lipinski definition) is 1. The Labute approximate surface area is 118 Å². The number of hydrogen-bond acceptors (Lipinski definition) is 5. The van der Waals surface area contributed by atoms with Crippen molar-refractivity contribution in [3.8, 4) is 0 Å². The van der Waals surface area contributed by atoms with E-state index in [-0.39, 0.29) is 5.03 Å². The summed E-state index contributed by atoms with van der Waals surface area (Å²) in [6, 6.07) is 3.46. The van der Waals surface area contributed by atoms with Gasteiger partial charge in [0.25, 0.3) is 10.0 Å². The largest absolute Gasteiger partial charge is 0.386 e. The Kier molecular flexibility index (Phi) is 4.70. The molecule has 5 nitrogen and oxygen atoms in total. The molecule has 7 heteroatoms. The molecule has 1 saturated heterocycles. The van der Waals surface area contributed by atoms with E-state index in [9.17, 15) is 8.42 Å². The second kappa shape index (κ2) is 6.11. The molecule has 106 valence electrons. The summed E-state index contributed by atoms with van der Waals surface area (Å²) in [6.07, 6.45) is 2.50. The highest BCUT2D eigenvalue weighted by Crippen LogP contribution is 2.27. The average molecular weight is 301 g/mol. The Morgan fingerprint density at radius 1 is 1.58 bits per heavy atom. The van der Waals surface area contributed by atoms with Crippen molar-refractivity contribution >= 4 is 27.5 Å². The summed E-state index contributed by atoms with van der Waals surface area (Å²) in [5.41, 5.74) is 0.550. The molecule has 1 aliphatic heterocycles. The van der Waals surface area contributed by atoms with Crippen LogP contribution in [0.5, 0.6) is 0 Å². The summed E-state index contributed by atoms with van der Waals surface area (Å²) in [5.74, 6) is 0.847. The number of thioether (sulfide) groups is 1. The fourth-order valence-corrected chi connectivity index (χ4v) is 5.05. The van der Waals surface area contributed by atoms with Crippen molar-refractivity contribution in [3.63, 3.8) is 0 Å². The Balaban J connectivity index is 2.31. The molecule has 0 amide bonds. The first-order valence-electron chi connectivity index (χ1n) is 6.34. The third-order valence-electron chi connectivity index (χ3n) is 3.18. The van der Waals surface area contributed by atoms with Gasteiger partial charge in [0.1, 0.15) is 0 Å². The predicted octanol–water partition coefficient (Wildman–Crippen LogP) is 1.64. The van der Waals surface area contributed by atoms with Crippen LogP contribution in [-0.2, 0) is 10.0 Å². The lowest BCUT2D eigenvalue weighted by atomic mass is 10.3. The predicted molar refractivity (Wildman–Crippen MR) is 79.1 cm³/mol. The van der Waals surface area contributed by atoms with Crippen LogP contribution >= 0.6 is 11.8 Å². The first kappa shape index (κ1) is 14.6. The van der Waals surface area contributed by atoms with Crippen LogP contribution in [0.1, 0.15) is 13.3 Å². The van der Waals surface area contributed by atoms with Gasteiger partial charge < -0.3 is 5.32 Å². The standard InChI is InChI=1S/C12H19N3O2S2/c1-3-10-9-15(7-8-18-10)19(16,17)12-11(13-2)5-4-6-14-12/h4-6,10,13H,3,7-9H2,1-2H3. The molecule has 0 bridgehead atoms. The van der Waals surface area contributed by atoms with E-state index in [2.05, 4.69) is 17.2 Å². The van der Waals surface area contributed by atoms with Crippen molar-refractivity contribution in [2.24, 2.45) is 0 Å². The molecule has 1 unspecified atom stereocenters. The molecule has 1 aromatic rings. The van der Waals surface area contributed by atoms with Gasteiger partial charge in [-0.15, -0.1) is 0 Å². The first-order valence-corrected chi connectivity index (χ1v) is 8.83. The Morgan fingerprint density at radius 2 is 2.37 bits per heavy atom. The lowest BCUT2D eigenvalue weighted by Crippen LogP contribution is -2.42. The van der Waals surface area contributed by atoms with Gasteiger partial charge in [0.2, 0.25) is 0 Å². The molecule has 1 fully saturated rings. The lowest BCUT2D eigenvalue weighted by molar-refractivity contribution is 0.414. The molecule has 1 N–H and O–H groups in total. The van der Waals surface area contributed by atoms with E-state index in [4.69, 9.17) is 0 Å². The third-order valence-corrected chi connectivity index (χ3v) is 6.38. The van der Waals surface area contributed by atoms with Crippen LogP contribution < -0.4 is 5.32 Å². The van der Waals surface area contributed by atoms with Crippen molar-refractivity contribution in [1.82, 2.24) is 9.29 Å². The summed E-state index contributed by atoms with van der Waals surface area (Å²) < 4.78 is 26.8. The van der Waals surface area contributed by atoms with Crippen molar-refractivity contribution in [2.75, 3.05) is 31.2 Å². The van der Waals surface area contributed by atoms with Gasteiger partial charge in [0.15, 0.2) is 5.03 Å². The molecule has 0 spiro atoms. The van der Waals surface area contributed by atoms with Crippen LogP contribution in [0, 0.1) is 0 Å². The molecule has 0 radical (unpaired) electrons. The van der Waals surface area contributed by atoms with Crippen LogP contribution in [0.25, 0.3) is 0 Å². The molecular weight excluding hydrogens is 282 g/mol. The van der Waals surface area contributed by atoms with Crippen molar-refractivity contribution in [3.05, 3.63) is 18.3 Å². The van der Waals surface area contributed by atoms with E-state index in [0.717, 1.165) is 12.2 Å². The van der Waals surface area contributed by atoms with E-state index in [1.54, 1.807) is 23.5 Å². The zero-order valence-corrected chi connectivity index (χ0v) is 12.8. The number of anilines is 1. The number of nitrogens with zero attached hydrogens (tertiary/aromatic N) is 2. The van der Waals surface area contributed by atoms with Crippen LogP contribution in [0.4, 0.5) is 5.69 Å². The van der Waals surface area contributed by atoms with Crippen LogP contribution in [0.15, 0.2) is 23.4 Å². The Morgan fingerprint density at radius 3 is 3.05 bits per heavy atom. The molecule has 2 heterocycles. The summed E-state index contributed by atoms with van der Waals surface area (Å²) in [5, 5.41) is 3.40. The Hall–Kier alpha value is -0.790. The minimum atomic E-state index is -3.50. The minimum absolute atomic E-state index is 0.124. The number of nitrogens with one attached hydrogen (secondary N) is 1. The molecule has 19 heavy (non-hydrogen) atoms. The fourth-order valence-electron chi connectivity index (χ4n) is 2.07. The summed E-state index contributed by atoms with van der Waals surface area (Å²) in [7, 11) is -1.80. The van der Waals surface area contributed by atoms with Gasteiger partial charge in [-0.3, -0.25) is 0 Å². The SMILES string of the molecule is CCC1CN(S(=O)(=O)c2ncccc2NC)CCS1. The van der Waals surface area contributed by atoms with Gasteiger partial charge in [-0.2, -0.15) is 16.1 Å². The molecule has 1 aliphatic rings. The van der Waals surface area contributed by atoms with Crippen LogP contribution in [0.2, 0.25) is 0 Å². The van der Waals surface area contributed by atoms with Gasteiger partial charge in [-0.05, 0) is 18.6 Å². The average Bonchev–Trinajstić information content (AvgIpc) is 2.47. The number of aromatic nitrogens is 1. The molecule has 2 rings (SSSR count). The zero-order valence-electron chi connectivity index (χ0n) is 11.2. The van der Waals surface area contributed by atoms with Crippen LogP contribution in [0.3, 0.4) is 0 Å². The highest BCUT2D eigenvalue weighted by molar-refractivity contribution is 8.00. The second-order valence-electron chi connectivity index (χ2n) is 4.37. The summed E-state index contributed by atoms with van der Waals surface area (Å²) in [4.78, 5) is 4.05.